The van der Waals surface area contributed by atoms with Gasteiger partial charge >= 0.3 is 0 Å². The zero-order valence-electron chi connectivity index (χ0n) is 21.2. The zero-order valence-corrected chi connectivity index (χ0v) is 21.2. The van der Waals surface area contributed by atoms with Crippen LogP contribution in [-0.4, -0.2) is 44.2 Å². The van der Waals surface area contributed by atoms with Crippen LogP contribution in [0.15, 0.2) is 72.3 Å². The number of rotatable bonds is 9. The molecule has 0 bridgehead atoms. The average molecular weight is 504 g/mol. The van der Waals surface area contributed by atoms with E-state index in [2.05, 4.69) is 0 Å². The van der Waals surface area contributed by atoms with E-state index in [1.54, 1.807) is 66.7 Å². The Hall–Kier alpha value is -4.46. The SMILES string of the molecule is CCOc1ccc(C2/C(=C(\O)c3ccc(OC)c(OC)c3)C(=O)C(=O)N2c2cccc(OCC)c2)cc1. The van der Waals surface area contributed by atoms with Crippen molar-refractivity contribution in [2.75, 3.05) is 32.3 Å². The van der Waals surface area contributed by atoms with Gasteiger partial charge in [-0.05, 0) is 61.9 Å². The number of benzene rings is 3. The lowest BCUT2D eigenvalue weighted by molar-refractivity contribution is -0.132. The van der Waals surface area contributed by atoms with Gasteiger partial charge in [0.15, 0.2) is 11.5 Å². The summed E-state index contributed by atoms with van der Waals surface area (Å²) in [6.07, 6.45) is 0. The molecule has 1 fully saturated rings. The number of carbonyl (C=O) groups is 2. The first-order valence-corrected chi connectivity index (χ1v) is 11.9. The van der Waals surface area contributed by atoms with Crippen LogP contribution in [-0.2, 0) is 9.59 Å². The molecule has 1 heterocycles. The summed E-state index contributed by atoms with van der Waals surface area (Å²) >= 11 is 0. The third-order valence-corrected chi connectivity index (χ3v) is 6.02. The van der Waals surface area contributed by atoms with E-state index >= 15 is 0 Å². The topological polar surface area (TPSA) is 94.5 Å². The molecule has 0 radical (unpaired) electrons. The summed E-state index contributed by atoms with van der Waals surface area (Å²) in [5, 5.41) is 11.4. The zero-order chi connectivity index (χ0) is 26.5. The van der Waals surface area contributed by atoms with Gasteiger partial charge in [-0.15, -0.1) is 0 Å². The molecule has 37 heavy (non-hydrogen) atoms. The van der Waals surface area contributed by atoms with E-state index in [-0.39, 0.29) is 11.3 Å². The number of Topliss-reactive ketones (excluding diaryl/α,β-unsaturated/α-hetero) is 1. The first-order chi connectivity index (χ1) is 17.9. The molecule has 1 N–H and O–H groups in total. The highest BCUT2D eigenvalue weighted by Crippen LogP contribution is 2.43. The van der Waals surface area contributed by atoms with Crippen molar-refractivity contribution in [1.29, 1.82) is 0 Å². The highest BCUT2D eigenvalue weighted by molar-refractivity contribution is 6.51. The van der Waals surface area contributed by atoms with Gasteiger partial charge in [0.25, 0.3) is 11.7 Å². The monoisotopic (exact) mass is 503 g/mol. The minimum Gasteiger partial charge on any atom is -0.507 e. The smallest absolute Gasteiger partial charge is 0.300 e. The van der Waals surface area contributed by atoms with E-state index in [4.69, 9.17) is 18.9 Å². The van der Waals surface area contributed by atoms with Crippen LogP contribution in [0, 0.1) is 0 Å². The van der Waals surface area contributed by atoms with Crippen molar-refractivity contribution >= 4 is 23.1 Å². The molecule has 192 valence electrons. The predicted octanol–water partition coefficient (Wildman–Crippen LogP) is 5.13. The van der Waals surface area contributed by atoms with E-state index < -0.39 is 17.7 Å². The van der Waals surface area contributed by atoms with Gasteiger partial charge in [-0.3, -0.25) is 14.5 Å². The number of carbonyl (C=O) groups excluding carboxylic acids is 2. The summed E-state index contributed by atoms with van der Waals surface area (Å²) in [5.74, 6) is 0.191. The lowest BCUT2D eigenvalue weighted by Gasteiger charge is -2.26. The van der Waals surface area contributed by atoms with Gasteiger partial charge < -0.3 is 24.1 Å². The number of aliphatic hydroxyl groups excluding tert-OH is 1. The second-order valence-corrected chi connectivity index (χ2v) is 8.17. The molecule has 0 aromatic heterocycles. The fourth-order valence-corrected chi connectivity index (χ4v) is 4.36. The second-order valence-electron chi connectivity index (χ2n) is 8.17. The molecule has 1 atom stereocenters. The van der Waals surface area contributed by atoms with Gasteiger partial charge in [0.1, 0.15) is 17.3 Å². The van der Waals surface area contributed by atoms with Crippen molar-refractivity contribution in [2.24, 2.45) is 0 Å². The lowest BCUT2D eigenvalue weighted by Crippen LogP contribution is -2.29. The van der Waals surface area contributed by atoms with Crippen LogP contribution in [0.25, 0.3) is 5.76 Å². The summed E-state index contributed by atoms with van der Waals surface area (Å²) in [5.41, 5.74) is 1.38. The first-order valence-electron chi connectivity index (χ1n) is 11.9. The summed E-state index contributed by atoms with van der Waals surface area (Å²) in [6, 6.07) is 18.0. The second kappa shape index (κ2) is 11.1. The number of ketones is 1. The molecule has 1 unspecified atom stereocenters. The lowest BCUT2D eigenvalue weighted by atomic mass is 9.95. The maximum Gasteiger partial charge on any atom is 0.300 e. The summed E-state index contributed by atoms with van der Waals surface area (Å²) in [4.78, 5) is 28.2. The van der Waals surface area contributed by atoms with Crippen LogP contribution >= 0.6 is 0 Å². The molecule has 0 aliphatic carbocycles. The minimum atomic E-state index is -0.888. The predicted molar refractivity (Wildman–Crippen MR) is 140 cm³/mol. The highest BCUT2D eigenvalue weighted by Gasteiger charge is 2.47. The van der Waals surface area contributed by atoms with E-state index in [0.717, 1.165) is 0 Å². The van der Waals surface area contributed by atoms with Crippen LogP contribution in [0.1, 0.15) is 31.0 Å². The third kappa shape index (κ3) is 4.95. The Morgan fingerprint density at radius 3 is 2.16 bits per heavy atom. The summed E-state index contributed by atoms with van der Waals surface area (Å²) < 4.78 is 21.8. The molecule has 8 heteroatoms. The van der Waals surface area contributed by atoms with Crippen LogP contribution in [0.5, 0.6) is 23.0 Å². The van der Waals surface area contributed by atoms with Gasteiger partial charge in [0.05, 0.1) is 39.0 Å². The van der Waals surface area contributed by atoms with Crippen LogP contribution in [0.3, 0.4) is 0 Å². The van der Waals surface area contributed by atoms with Crippen LogP contribution in [0.4, 0.5) is 5.69 Å². The number of ether oxygens (including phenoxy) is 4. The Kier molecular flexibility index (Phi) is 7.67. The maximum absolute atomic E-state index is 13.4. The number of amides is 1. The van der Waals surface area contributed by atoms with E-state index in [1.165, 1.54) is 19.1 Å². The third-order valence-electron chi connectivity index (χ3n) is 6.02. The number of methoxy groups -OCH3 is 2. The van der Waals surface area contributed by atoms with Gasteiger partial charge in [0, 0.05) is 17.3 Å². The number of anilines is 1. The largest absolute Gasteiger partial charge is 0.507 e. The Morgan fingerprint density at radius 1 is 0.838 bits per heavy atom. The van der Waals surface area contributed by atoms with Crippen molar-refractivity contribution in [3.8, 4) is 23.0 Å². The Bertz CT molecular complexity index is 1330. The highest BCUT2D eigenvalue weighted by atomic mass is 16.5. The summed E-state index contributed by atoms with van der Waals surface area (Å²) in [7, 11) is 2.98. The number of aliphatic hydroxyl groups is 1. The van der Waals surface area contributed by atoms with Crippen molar-refractivity contribution < 1.29 is 33.6 Å². The molecule has 3 aromatic rings. The van der Waals surface area contributed by atoms with Gasteiger partial charge in [-0.2, -0.15) is 0 Å². The molecule has 4 rings (SSSR count). The van der Waals surface area contributed by atoms with Crippen molar-refractivity contribution in [1.82, 2.24) is 0 Å². The molecular formula is C29H29NO7. The molecule has 1 aliphatic heterocycles. The van der Waals surface area contributed by atoms with Crippen LogP contribution in [0.2, 0.25) is 0 Å². The van der Waals surface area contributed by atoms with E-state index in [1.807, 2.05) is 13.8 Å². The Labute approximate surface area is 215 Å². The molecule has 0 spiro atoms. The summed E-state index contributed by atoms with van der Waals surface area (Å²) in [6.45, 7) is 4.70. The van der Waals surface area contributed by atoms with Crippen molar-refractivity contribution in [3.05, 3.63) is 83.4 Å². The fourth-order valence-electron chi connectivity index (χ4n) is 4.36. The van der Waals surface area contributed by atoms with Crippen molar-refractivity contribution in [3.63, 3.8) is 0 Å². The average Bonchev–Trinajstić information content (AvgIpc) is 3.19. The molecule has 1 aliphatic rings. The molecule has 0 saturated carbocycles. The molecular weight excluding hydrogens is 474 g/mol. The van der Waals surface area contributed by atoms with E-state index in [0.29, 0.717) is 53.0 Å². The van der Waals surface area contributed by atoms with Gasteiger partial charge in [0.2, 0.25) is 0 Å². The normalized spacial score (nSPS) is 16.5. The molecule has 8 nitrogen and oxygen atoms in total. The molecule has 3 aromatic carbocycles. The van der Waals surface area contributed by atoms with Crippen molar-refractivity contribution in [2.45, 2.75) is 19.9 Å². The number of hydrogen-bond donors (Lipinski definition) is 1. The Balaban J connectivity index is 1.90. The quantitative estimate of drug-likeness (QED) is 0.246. The van der Waals surface area contributed by atoms with Gasteiger partial charge in [-0.1, -0.05) is 18.2 Å². The van der Waals surface area contributed by atoms with Gasteiger partial charge in [-0.25, -0.2) is 0 Å². The Morgan fingerprint density at radius 2 is 1.51 bits per heavy atom. The fraction of sp³-hybridized carbons (Fsp3) is 0.241. The molecule has 1 saturated heterocycles. The number of nitrogens with zero attached hydrogens (tertiary/aromatic N) is 1. The first kappa shape index (κ1) is 25.6. The van der Waals surface area contributed by atoms with Crippen LogP contribution < -0.4 is 23.8 Å². The standard InChI is InChI=1S/C29H29NO7/c1-5-36-21-13-10-18(11-14-21)26-25(27(31)19-12-15-23(34-3)24(16-19)35-4)28(32)29(33)30(26)20-8-7-9-22(17-20)37-6-2/h7-17,26,31H,5-6H2,1-4H3/b27-25+. The minimum absolute atomic E-state index is 0.0387. The maximum atomic E-state index is 13.4. The molecule has 1 amide bonds. The number of hydrogen-bond acceptors (Lipinski definition) is 7. The van der Waals surface area contributed by atoms with E-state index in [9.17, 15) is 14.7 Å².